The lowest BCUT2D eigenvalue weighted by molar-refractivity contribution is -0.123. The zero-order chi connectivity index (χ0) is 18.8. The summed E-state index contributed by atoms with van der Waals surface area (Å²) in [5.74, 6) is 0.763. The van der Waals surface area contributed by atoms with Gasteiger partial charge in [0.2, 0.25) is 5.91 Å². The Hall–Kier alpha value is -2.70. The zero-order valence-electron chi connectivity index (χ0n) is 14.7. The lowest BCUT2D eigenvalue weighted by Gasteiger charge is -2.41. The van der Waals surface area contributed by atoms with E-state index in [2.05, 4.69) is 20.2 Å². The largest absolute Gasteiger partial charge is 0.352 e. The predicted molar refractivity (Wildman–Crippen MR) is 107 cm³/mol. The monoisotopic (exact) mass is 381 g/mol. The number of anilines is 1. The van der Waals surface area contributed by atoms with Crippen molar-refractivity contribution in [3.05, 3.63) is 65.4 Å². The standard InChI is InChI=1S/C20H20ClN5O/c21-14-7-5-13(6-8-14)9-17(22)20(27)25-15-10-26(11-15)19-16-3-1-2-4-18(16)23-12-24-19/h1-8,12,15,17H,9-11,22H2,(H,25,27). The zero-order valence-corrected chi connectivity index (χ0v) is 15.4. The van der Waals surface area contributed by atoms with E-state index in [9.17, 15) is 4.79 Å². The van der Waals surface area contributed by atoms with Gasteiger partial charge in [-0.3, -0.25) is 4.79 Å². The number of hydrogen-bond donors (Lipinski definition) is 2. The van der Waals surface area contributed by atoms with Gasteiger partial charge in [0.05, 0.1) is 17.6 Å². The first kappa shape index (κ1) is 17.7. The number of nitrogens with one attached hydrogen (secondary N) is 1. The van der Waals surface area contributed by atoms with Gasteiger partial charge in [0.25, 0.3) is 0 Å². The van der Waals surface area contributed by atoms with Crippen LogP contribution in [-0.2, 0) is 11.2 Å². The normalized spacial score (nSPS) is 15.4. The molecule has 7 heteroatoms. The Kier molecular flexibility index (Phi) is 4.92. The van der Waals surface area contributed by atoms with E-state index in [1.54, 1.807) is 18.5 Å². The van der Waals surface area contributed by atoms with Crippen LogP contribution in [0.25, 0.3) is 10.9 Å². The Bertz CT molecular complexity index is 951. The molecule has 0 radical (unpaired) electrons. The Morgan fingerprint density at radius 1 is 1.19 bits per heavy atom. The summed E-state index contributed by atoms with van der Waals surface area (Å²) >= 11 is 5.88. The molecule has 1 amide bonds. The Labute approximate surface area is 162 Å². The molecule has 1 aliphatic rings. The number of aromatic nitrogens is 2. The second-order valence-electron chi connectivity index (χ2n) is 6.76. The molecule has 2 aromatic carbocycles. The first-order chi connectivity index (χ1) is 13.1. The van der Waals surface area contributed by atoms with Gasteiger partial charge >= 0.3 is 0 Å². The maximum Gasteiger partial charge on any atom is 0.237 e. The minimum absolute atomic E-state index is 0.0718. The van der Waals surface area contributed by atoms with Gasteiger partial charge in [-0.25, -0.2) is 9.97 Å². The number of nitrogens with zero attached hydrogens (tertiary/aromatic N) is 3. The molecule has 2 heterocycles. The van der Waals surface area contributed by atoms with E-state index in [1.165, 1.54) is 0 Å². The smallest absolute Gasteiger partial charge is 0.237 e. The van der Waals surface area contributed by atoms with E-state index in [4.69, 9.17) is 17.3 Å². The van der Waals surface area contributed by atoms with E-state index in [0.717, 1.165) is 22.3 Å². The number of amides is 1. The molecule has 0 bridgehead atoms. The van der Waals surface area contributed by atoms with Gasteiger partial charge in [-0.2, -0.15) is 0 Å². The van der Waals surface area contributed by atoms with Crippen LogP contribution in [0.5, 0.6) is 0 Å². The van der Waals surface area contributed by atoms with Crippen molar-refractivity contribution in [2.24, 2.45) is 5.73 Å². The number of hydrogen-bond acceptors (Lipinski definition) is 5. The maximum atomic E-state index is 12.4. The number of carbonyl (C=O) groups is 1. The third kappa shape index (κ3) is 3.86. The van der Waals surface area contributed by atoms with Gasteiger partial charge in [0, 0.05) is 23.5 Å². The van der Waals surface area contributed by atoms with Gasteiger partial charge in [-0.05, 0) is 36.2 Å². The van der Waals surface area contributed by atoms with Gasteiger partial charge < -0.3 is 16.0 Å². The fourth-order valence-electron chi connectivity index (χ4n) is 3.26. The number of para-hydroxylation sites is 1. The van der Waals surface area contributed by atoms with Crippen molar-refractivity contribution < 1.29 is 4.79 Å². The van der Waals surface area contributed by atoms with Crippen LogP contribution in [0.3, 0.4) is 0 Å². The minimum Gasteiger partial charge on any atom is -0.352 e. The van der Waals surface area contributed by atoms with Crippen molar-refractivity contribution in [1.82, 2.24) is 15.3 Å². The fourth-order valence-corrected chi connectivity index (χ4v) is 3.39. The van der Waals surface area contributed by atoms with Crippen molar-refractivity contribution in [2.45, 2.75) is 18.5 Å². The number of rotatable bonds is 5. The number of benzene rings is 2. The van der Waals surface area contributed by atoms with E-state index < -0.39 is 6.04 Å². The molecule has 0 saturated carbocycles. The highest BCUT2D eigenvalue weighted by molar-refractivity contribution is 6.30. The van der Waals surface area contributed by atoms with Crippen LogP contribution in [0.1, 0.15) is 5.56 Å². The van der Waals surface area contributed by atoms with Gasteiger partial charge in [0.15, 0.2) is 0 Å². The Morgan fingerprint density at radius 3 is 2.70 bits per heavy atom. The molecule has 0 aliphatic carbocycles. The van der Waals surface area contributed by atoms with Gasteiger partial charge in [0.1, 0.15) is 12.1 Å². The first-order valence-corrected chi connectivity index (χ1v) is 9.23. The van der Waals surface area contributed by atoms with Crippen LogP contribution >= 0.6 is 11.6 Å². The number of nitrogens with two attached hydrogens (primary N) is 1. The average Bonchev–Trinajstić information content (AvgIpc) is 2.65. The van der Waals surface area contributed by atoms with Gasteiger partial charge in [-0.15, -0.1) is 0 Å². The third-order valence-corrected chi connectivity index (χ3v) is 5.01. The van der Waals surface area contributed by atoms with E-state index in [0.29, 0.717) is 24.5 Å². The molecule has 27 heavy (non-hydrogen) atoms. The summed E-state index contributed by atoms with van der Waals surface area (Å²) < 4.78 is 0. The van der Waals surface area contributed by atoms with Crippen LogP contribution in [0.2, 0.25) is 5.02 Å². The molecule has 1 fully saturated rings. The summed E-state index contributed by atoms with van der Waals surface area (Å²) in [5, 5.41) is 4.71. The molecule has 1 saturated heterocycles. The lowest BCUT2D eigenvalue weighted by Crippen LogP contribution is -2.62. The van der Waals surface area contributed by atoms with E-state index >= 15 is 0 Å². The second-order valence-corrected chi connectivity index (χ2v) is 7.20. The number of carbonyl (C=O) groups excluding carboxylic acids is 1. The molecular weight excluding hydrogens is 362 g/mol. The van der Waals surface area contributed by atoms with Crippen LogP contribution in [0.4, 0.5) is 5.82 Å². The molecule has 1 aliphatic heterocycles. The summed E-state index contributed by atoms with van der Waals surface area (Å²) in [5.41, 5.74) is 7.96. The number of halogens is 1. The van der Waals surface area contributed by atoms with E-state index in [-0.39, 0.29) is 11.9 Å². The van der Waals surface area contributed by atoms with Crippen molar-refractivity contribution in [3.8, 4) is 0 Å². The molecule has 0 spiro atoms. The SMILES string of the molecule is NC(Cc1ccc(Cl)cc1)C(=O)NC1CN(c2ncnc3ccccc23)C1. The minimum atomic E-state index is -0.583. The summed E-state index contributed by atoms with van der Waals surface area (Å²) in [4.78, 5) is 23.2. The molecule has 6 nitrogen and oxygen atoms in total. The van der Waals surface area contributed by atoms with Crippen LogP contribution < -0.4 is 16.0 Å². The molecular formula is C20H20ClN5O. The molecule has 1 unspecified atom stereocenters. The predicted octanol–water partition coefficient (Wildman–Crippen LogP) is 2.16. The molecule has 138 valence electrons. The summed E-state index contributed by atoms with van der Waals surface area (Å²) in [6, 6.07) is 14.8. The highest BCUT2D eigenvalue weighted by Crippen LogP contribution is 2.26. The number of fused-ring (bicyclic) bond motifs is 1. The third-order valence-electron chi connectivity index (χ3n) is 4.75. The summed E-state index contributed by atoms with van der Waals surface area (Å²) in [6.45, 7) is 1.42. The molecule has 3 aromatic rings. The molecule has 1 atom stereocenters. The highest BCUT2D eigenvalue weighted by Gasteiger charge is 2.31. The Balaban J connectivity index is 1.33. The van der Waals surface area contributed by atoms with Crippen LogP contribution in [0.15, 0.2) is 54.9 Å². The topological polar surface area (TPSA) is 84.1 Å². The van der Waals surface area contributed by atoms with Crippen molar-refractivity contribution in [2.75, 3.05) is 18.0 Å². The van der Waals surface area contributed by atoms with Crippen molar-refractivity contribution >= 4 is 34.2 Å². The maximum absolute atomic E-state index is 12.4. The average molecular weight is 382 g/mol. The van der Waals surface area contributed by atoms with E-state index in [1.807, 2.05) is 36.4 Å². The van der Waals surface area contributed by atoms with Crippen molar-refractivity contribution in [3.63, 3.8) is 0 Å². The molecule has 4 rings (SSSR count). The van der Waals surface area contributed by atoms with Crippen molar-refractivity contribution in [1.29, 1.82) is 0 Å². The summed E-state index contributed by atoms with van der Waals surface area (Å²) in [6.07, 6.45) is 2.06. The first-order valence-electron chi connectivity index (χ1n) is 8.85. The van der Waals surface area contributed by atoms with Crippen LogP contribution in [0, 0.1) is 0 Å². The summed E-state index contributed by atoms with van der Waals surface area (Å²) in [7, 11) is 0. The molecule has 3 N–H and O–H groups in total. The quantitative estimate of drug-likeness (QED) is 0.707. The second kappa shape index (κ2) is 7.50. The fraction of sp³-hybridized carbons (Fsp3) is 0.250. The molecule has 1 aromatic heterocycles. The highest BCUT2D eigenvalue weighted by atomic mass is 35.5. The van der Waals surface area contributed by atoms with Gasteiger partial charge in [-0.1, -0.05) is 35.9 Å². The Morgan fingerprint density at radius 2 is 1.93 bits per heavy atom. The lowest BCUT2D eigenvalue weighted by atomic mass is 10.0. The van der Waals surface area contributed by atoms with Crippen LogP contribution in [-0.4, -0.2) is 41.0 Å².